The molecule has 2 aromatic carbocycles. The molecule has 27 heavy (non-hydrogen) atoms. The second-order valence-corrected chi connectivity index (χ2v) is 6.38. The van der Waals surface area contributed by atoms with Gasteiger partial charge in [-0.1, -0.05) is 18.2 Å². The molecule has 2 amide bonds. The molecule has 1 heterocycles. The van der Waals surface area contributed by atoms with Crippen molar-refractivity contribution in [2.24, 2.45) is 0 Å². The summed E-state index contributed by atoms with van der Waals surface area (Å²) in [6.07, 6.45) is 0. The summed E-state index contributed by atoms with van der Waals surface area (Å²) in [7, 11) is 0. The molecule has 1 aliphatic rings. The molecule has 0 spiro atoms. The number of anilines is 2. The molecule has 0 aromatic heterocycles. The van der Waals surface area contributed by atoms with Gasteiger partial charge in [0.15, 0.2) is 0 Å². The van der Waals surface area contributed by atoms with Crippen molar-refractivity contribution in [3.05, 3.63) is 60.4 Å². The van der Waals surface area contributed by atoms with E-state index in [0.29, 0.717) is 18.8 Å². The van der Waals surface area contributed by atoms with Crippen LogP contribution in [0.2, 0.25) is 0 Å². The van der Waals surface area contributed by atoms with Crippen LogP contribution in [0.25, 0.3) is 0 Å². The smallest absolute Gasteiger partial charge is 0.313 e. The Labute approximate surface area is 158 Å². The van der Waals surface area contributed by atoms with Crippen LogP contribution in [0.15, 0.2) is 54.6 Å². The van der Waals surface area contributed by atoms with E-state index in [9.17, 15) is 14.0 Å². The molecular weight excluding hydrogens is 347 g/mol. The van der Waals surface area contributed by atoms with E-state index in [1.807, 2.05) is 18.2 Å². The van der Waals surface area contributed by atoms with Crippen LogP contribution in [-0.2, 0) is 9.59 Å². The fourth-order valence-electron chi connectivity index (χ4n) is 3.00. The van der Waals surface area contributed by atoms with Crippen LogP contribution >= 0.6 is 0 Å². The van der Waals surface area contributed by atoms with Gasteiger partial charge in [-0.2, -0.15) is 0 Å². The van der Waals surface area contributed by atoms with Gasteiger partial charge in [0.05, 0.1) is 0 Å². The van der Waals surface area contributed by atoms with E-state index in [2.05, 4.69) is 32.6 Å². The van der Waals surface area contributed by atoms with E-state index in [1.165, 1.54) is 30.0 Å². The van der Waals surface area contributed by atoms with Crippen molar-refractivity contribution in [1.29, 1.82) is 0 Å². The summed E-state index contributed by atoms with van der Waals surface area (Å²) in [5, 5.41) is 5.07. The number of para-hydroxylation sites is 1. The van der Waals surface area contributed by atoms with Gasteiger partial charge in [0.25, 0.3) is 0 Å². The van der Waals surface area contributed by atoms with E-state index in [1.54, 1.807) is 0 Å². The Morgan fingerprint density at radius 1 is 0.889 bits per heavy atom. The lowest BCUT2D eigenvalue weighted by Crippen LogP contribution is -2.49. The first kappa shape index (κ1) is 18.8. The zero-order valence-corrected chi connectivity index (χ0v) is 15.0. The standard InChI is InChI=1S/C20H23FN4O2/c21-16-6-8-17(9-7-16)23-20(27)19(26)22-10-11-24-12-14-25(15-13-24)18-4-2-1-3-5-18/h1-9H,10-15H2,(H,22,26)(H,23,27). The van der Waals surface area contributed by atoms with Gasteiger partial charge in [-0.3, -0.25) is 14.5 Å². The highest BCUT2D eigenvalue weighted by molar-refractivity contribution is 6.39. The molecule has 3 rings (SSSR count). The van der Waals surface area contributed by atoms with Crippen LogP contribution in [-0.4, -0.2) is 56.0 Å². The third-order valence-corrected chi connectivity index (χ3v) is 4.52. The van der Waals surface area contributed by atoms with Crippen LogP contribution in [0, 0.1) is 5.82 Å². The van der Waals surface area contributed by atoms with Crippen LogP contribution < -0.4 is 15.5 Å². The monoisotopic (exact) mass is 370 g/mol. The van der Waals surface area contributed by atoms with Crippen molar-refractivity contribution >= 4 is 23.2 Å². The van der Waals surface area contributed by atoms with Gasteiger partial charge >= 0.3 is 11.8 Å². The highest BCUT2D eigenvalue weighted by Gasteiger charge is 2.18. The molecule has 0 unspecified atom stereocenters. The quantitative estimate of drug-likeness (QED) is 0.787. The summed E-state index contributed by atoms with van der Waals surface area (Å²) in [4.78, 5) is 28.3. The Hall–Kier alpha value is -2.93. The lowest BCUT2D eigenvalue weighted by molar-refractivity contribution is -0.136. The normalized spacial score (nSPS) is 14.6. The fourth-order valence-corrected chi connectivity index (χ4v) is 3.00. The molecule has 1 saturated heterocycles. The molecular formula is C20H23FN4O2. The molecule has 1 fully saturated rings. The molecule has 0 saturated carbocycles. The van der Waals surface area contributed by atoms with Crippen molar-refractivity contribution in [3.8, 4) is 0 Å². The SMILES string of the molecule is O=C(NCCN1CCN(c2ccccc2)CC1)C(=O)Nc1ccc(F)cc1. The average molecular weight is 370 g/mol. The summed E-state index contributed by atoms with van der Waals surface area (Å²) >= 11 is 0. The van der Waals surface area contributed by atoms with Crippen LogP contribution in [0.3, 0.4) is 0 Å². The number of nitrogens with one attached hydrogen (secondary N) is 2. The first-order valence-corrected chi connectivity index (χ1v) is 8.99. The lowest BCUT2D eigenvalue weighted by Gasteiger charge is -2.36. The lowest BCUT2D eigenvalue weighted by atomic mass is 10.2. The van der Waals surface area contributed by atoms with Gasteiger partial charge in [-0.05, 0) is 36.4 Å². The Balaban J connectivity index is 1.35. The molecule has 2 N–H and O–H groups in total. The van der Waals surface area contributed by atoms with E-state index in [4.69, 9.17) is 0 Å². The van der Waals surface area contributed by atoms with Crippen molar-refractivity contribution in [2.75, 3.05) is 49.5 Å². The van der Waals surface area contributed by atoms with Crippen LogP contribution in [0.1, 0.15) is 0 Å². The number of hydrogen-bond acceptors (Lipinski definition) is 4. The summed E-state index contributed by atoms with van der Waals surface area (Å²) in [5.41, 5.74) is 1.61. The topological polar surface area (TPSA) is 64.7 Å². The molecule has 0 radical (unpaired) electrons. The molecule has 1 aliphatic heterocycles. The molecule has 0 aliphatic carbocycles. The maximum absolute atomic E-state index is 12.8. The van der Waals surface area contributed by atoms with E-state index >= 15 is 0 Å². The number of halogens is 1. The van der Waals surface area contributed by atoms with Crippen molar-refractivity contribution in [1.82, 2.24) is 10.2 Å². The predicted molar refractivity (Wildman–Crippen MR) is 103 cm³/mol. The minimum atomic E-state index is -0.754. The first-order chi connectivity index (χ1) is 13.1. The van der Waals surface area contributed by atoms with E-state index < -0.39 is 17.6 Å². The Bertz CT molecular complexity index is 759. The summed E-state index contributed by atoms with van der Waals surface area (Å²) < 4.78 is 12.8. The zero-order chi connectivity index (χ0) is 19.1. The summed E-state index contributed by atoms with van der Waals surface area (Å²) in [6.45, 7) is 4.78. The third kappa shape index (κ3) is 5.52. The highest BCUT2D eigenvalue weighted by Crippen LogP contribution is 2.15. The molecule has 142 valence electrons. The summed E-state index contributed by atoms with van der Waals surface area (Å²) in [5.74, 6) is -1.84. The molecule has 0 atom stereocenters. The third-order valence-electron chi connectivity index (χ3n) is 4.52. The van der Waals surface area contributed by atoms with Gasteiger partial charge in [0.1, 0.15) is 5.82 Å². The number of rotatable bonds is 5. The zero-order valence-electron chi connectivity index (χ0n) is 15.0. The number of benzene rings is 2. The van der Waals surface area contributed by atoms with Gasteiger partial charge in [-0.25, -0.2) is 4.39 Å². The van der Waals surface area contributed by atoms with Gasteiger partial charge in [0, 0.05) is 50.6 Å². The van der Waals surface area contributed by atoms with Gasteiger partial charge < -0.3 is 15.5 Å². The highest BCUT2D eigenvalue weighted by atomic mass is 19.1. The number of piperazine rings is 1. The molecule has 6 nitrogen and oxygen atoms in total. The molecule has 2 aromatic rings. The average Bonchev–Trinajstić information content (AvgIpc) is 2.71. The first-order valence-electron chi connectivity index (χ1n) is 8.99. The molecule has 7 heteroatoms. The minimum Gasteiger partial charge on any atom is -0.369 e. The maximum Gasteiger partial charge on any atom is 0.313 e. The van der Waals surface area contributed by atoms with E-state index in [-0.39, 0.29) is 0 Å². The number of hydrogen-bond donors (Lipinski definition) is 2. The van der Waals surface area contributed by atoms with Crippen molar-refractivity contribution in [3.63, 3.8) is 0 Å². The van der Waals surface area contributed by atoms with Gasteiger partial charge in [-0.15, -0.1) is 0 Å². The Morgan fingerprint density at radius 3 is 2.22 bits per heavy atom. The van der Waals surface area contributed by atoms with Gasteiger partial charge in [0.2, 0.25) is 0 Å². The number of amides is 2. The van der Waals surface area contributed by atoms with E-state index in [0.717, 1.165) is 26.2 Å². The second kappa shape index (κ2) is 9.14. The minimum absolute atomic E-state index is 0.383. The Kier molecular flexibility index (Phi) is 6.38. The largest absolute Gasteiger partial charge is 0.369 e. The van der Waals surface area contributed by atoms with Crippen LogP contribution in [0.5, 0.6) is 0 Å². The maximum atomic E-state index is 12.8. The predicted octanol–water partition coefficient (Wildman–Crippen LogP) is 1.70. The number of nitrogens with zero attached hydrogens (tertiary/aromatic N) is 2. The fraction of sp³-hybridized carbons (Fsp3) is 0.300. The van der Waals surface area contributed by atoms with Crippen LogP contribution in [0.4, 0.5) is 15.8 Å². The second-order valence-electron chi connectivity index (χ2n) is 6.38. The number of carbonyl (C=O) groups excluding carboxylic acids is 2. The molecule has 0 bridgehead atoms. The number of carbonyl (C=O) groups is 2. The van der Waals surface area contributed by atoms with Crippen molar-refractivity contribution in [2.45, 2.75) is 0 Å². The Morgan fingerprint density at radius 2 is 1.56 bits per heavy atom. The van der Waals surface area contributed by atoms with Crippen molar-refractivity contribution < 1.29 is 14.0 Å². The summed E-state index contributed by atoms with van der Waals surface area (Å²) in [6, 6.07) is 15.6.